The molecular weight excluding hydrogens is 586 g/mol. The number of aromatic hydroxyl groups is 1. The standard InChI is InChI=1S/C24H25Br2N3O6/c25-17-11-14(12-18(26)21(17)30)13-20(22(31)32)35-24(34)28-8-6-16(7-9-28)29-10-5-15-3-1-2-4-19(15)27-23(29)33/h1-4,11-12,16,20,30H,5-10,13H2,(H,27,33)(H,31,32)/t20-/m1/s1. The van der Waals surface area contributed by atoms with Crippen LogP contribution in [0.2, 0.25) is 0 Å². The normalized spacial score (nSPS) is 17.3. The van der Waals surface area contributed by atoms with Crippen LogP contribution in [0.1, 0.15) is 24.0 Å². The minimum absolute atomic E-state index is 0.00228. The summed E-state index contributed by atoms with van der Waals surface area (Å²) in [5, 5.41) is 22.4. The van der Waals surface area contributed by atoms with Gasteiger partial charge in [-0.1, -0.05) is 18.2 Å². The third-order valence-electron chi connectivity index (χ3n) is 6.32. The minimum Gasteiger partial charge on any atom is -0.506 e. The van der Waals surface area contributed by atoms with E-state index < -0.39 is 18.2 Å². The number of nitrogens with zero attached hydrogens (tertiary/aromatic N) is 2. The summed E-state index contributed by atoms with van der Waals surface area (Å²) in [6.45, 7) is 1.32. The summed E-state index contributed by atoms with van der Waals surface area (Å²) in [5.74, 6) is -1.25. The third-order valence-corrected chi connectivity index (χ3v) is 7.53. The highest BCUT2D eigenvalue weighted by atomic mass is 79.9. The number of hydrogen-bond donors (Lipinski definition) is 3. The van der Waals surface area contributed by atoms with Crippen LogP contribution in [0.4, 0.5) is 15.3 Å². The van der Waals surface area contributed by atoms with Gasteiger partial charge in [0.1, 0.15) is 5.75 Å². The number of amides is 3. The van der Waals surface area contributed by atoms with E-state index in [-0.39, 0.29) is 24.2 Å². The summed E-state index contributed by atoms with van der Waals surface area (Å²) in [7, 11) is 0. The van der Waals surface area contributed by atoms with E-state index in [1.165, 1.54) is 4.90 Å². The van der Waals surface area contributed by atoms with Crippen LogP contribution in [0.15, 0.2) is 45.3 Å². The van der Waals surface area contributed by atoms with Gasteiger partial charge in [0.2, 0.25) is 6.10 Å². The van der Waals surface area contributed by atoms with E-state index in [4.69, 9.17) is 4.74 Å². The lowest BCUT2D eigenvalue weighted by atomic mass is 10.0. The van der Waals surface area contributed by atoms with Gasteiger partial charge in [-0.15, -0.1) is 0 Å². The first-order valence-electron chi connectivity index (χ1n) is 11.2. The second kappa shape index (κ2) is 10.9. The summed E-state index contributed by atoms with van der Waals surface area (Å²) in [4.78, 5) is 40.6. The van der Waals surface area contributed by atoms with E-state index in [0.29, 0.717) is 47.0 Å². The number of carboxylic acid groups (broad SMARTS) is 1. The van der Waals surface area contributed by atoms with E-state index in [1.54, 1.807) is 12.1 Å². The zero-order chi connectivity index (χ0) is 25.1. The molecule has 2 aromatic carbocycles. The smallest absolute Gasteiger partial charge is 0.410 e. The fraction of sp³-hybridized carbons (Fsp3) is 0.375. The molecule has 0 saturated carbocycles. The number of hydrogen-bond acceptors (Lipinski definition) is 5. The van der Waals surface area contributed by atoms with Gasteiger partial charge in [-0.2, -0.15) is 0 Å². The van der Waals surface area contributed by atoms with E-state index in [1.807, 2.05) is 29.2 Å². The van der Waals surface area contributed by atoms with Crippen molar-refractivity contribution in [1.82, 2.24) is 9.80 Å². The van der Waals surface area contributed by atoms with Gasteiger partial charge in [0, 0.05) is 37.8 Å². The average Bonchev–Trinajstić information content (AvgIpc) is 3.00. The van der Waals surface area contributed by atoms with Crippen molar-refractivity contribution in [3.05, 3.63) is 56.5 Å². The quantitative estimate of drug-likeness (QED) is 0.455. The van der Waals surface area contributed by atoms with Crippen molar-refractivity contribution >= 4 is 55.6 Å². The van der Waals surface area contributed by atoms with Gasteiger partial charge >= 0.3 is 18.1 Å². The van der Waals surface area contributed by atoms with Crippen LogP contribution in [0, 0.1) is 0 Å². The van der Waals surface area contributed by atoms with Crippen molar-refractivity contribution in [3.8, 4) is 5.75 Å². The molecule has 35 heavy (non-hydrogen) atoms. The molecule has 0 aromatic heterocycles. The largest absolute Gasteiger partial charge is 0.506 e. The molecule has 0 unspecified atom stereocenters. The maximum Gasteiger partial charge on any atom is 0.410 e. The topological polar surface area (TPSA) is 119 Å². The highest BCUT2D eigenvalue weighted by Gasteiger charge is 2.33. The number of fused-ring (bicyclic) bond motifs is 1. The molecule has 9 nitrogen and oxygen atoms in total. The van der Waals surface area contributed by atoms with Crippen molar-refractivity contribution in [1.29, 1.82) is 0 Å². The Kier molecular flexibility index (Phi) is 7.85. The fourth-order valence-corrected chi connectivity index (χ4v) is 5.71. The van der Waals surface area contributed by atoms with Crippen molar-refractivity contribution in [2.75, 3.05) is 25.0 Å². The lowest BCUT2D eigenvalue weighted by molar-refractivity contribution is -0.147. The van der Waals surface area contributed by atoms with Gasteiger partial charge in [-0.25, -0.2) is 14.4 Å². The van der Waals surface area contributed by atoms with E-state index in [2.05, 4.69) is 37.2 Å². The molecule has 1 saturated heterocycles. The second-order valence-electron chi connectivity index (χ2n) is 8.57. The van der Waals surface area contributed by atoms with Crippen molar-refractivity contribution in [3.63, 3.8) is 0 Å². The third kappa shape index (κ3) is 5.90. The predicted molar refractivity (Wildman–Crippen MR) is 136 cm³/mol. The predicted octanol–water partition coefficient (Wildman–Crippen LogP) is 4.60. The Hall–Kier alpha value is -2.79. The second-order valence-corrected chi connectivity index (χ2v) is 10.3. The Bertz CT molecular complexity index is 1110. The van der Waals surface area contributed by atoms with Gasteiger partial charge in [0.05, 0.1) is 8.95 Å². The van der Waals surface area contributed by atoms with Crippen molar-refractivity contribution in [2.24, 2.45) is 0 Å². The number of para-hydroxylation sites is 1. The minimum atomic E-state index is -1.38. The van der Waals surface area contributed by atoms with Crippen LogP contribution in [0.3, 0.4) is 0 Å². The van der Waals surface area contributed by atoms with E-state index >= 15 is 0 Å². The van der Waals surface area contributed by atoms with Gasteiger partial charge < -0.3 is 30.1 Å². The number of anilines is 1. The number of carboxylic acids is 1. The van der Waals surface area contributed by atoms with Crippen molar-refractivity contribution in [2.45, 2.75) is 37.8 Å². The number of phenolic OH excluding ortho intramolecular Hbond substituents is 1. The first-order chi connectivity index (χ1) is 16.7. The zero-order valence-electron chi connectivity index (χ0n) is 18.7. The van der Waals surface area contributed by atoms with Crippen LogP contribution in [-0.4, -0.2) is 69.9 Å². The number of carbonyl (C=O) groups is 3. The summed E-state index contributed by atoms with van der Waals surface area (Å²) < 4.78 is 6.14. The van der Waals surface area contributed by atoms with Gasteiger partial charge in [0.15, 0.2) is 0 Å². The molecule has 186 valence electrons. The van der Waals surface area contributed by atoms with Crippen molar-refractivity contribution < 1.29 is 29.3 Å². The number of halogens is 2. The van der Waals surface area contributed by atoms with Crippen LogP contribution in [0.5, 0.6) is 5.75 Å². The molecule has 2 aliphatic rings. The molecule has 3 N–H and O–H groups in total. The molecule has 0 radical (unpaired) electrons. The lowest BCUT2D eigenvalue weighted by Gasteiger charge is -2.37. The Morgan fingerprint density at radius 1 is 1.11 bits per heavy atom. The number of likely N-dealkylation sites (tertiary alicyclic amines) is 1. The molecule has 0 bridgehead atoms. The molecule has 2 heterocycles. The summed E-state index contributed by atoms with van der Waals surface area (Å²) in [6.07, 6.45) is -0.216. The van der Waals surface area contributed by atoms with Gasteiger partial charge in [0.25, 0.3) is 0 Å². The number of urea groups is 1. The molecule has 2 aromatic rings. The first kappa shape index (κ1) is 25.3. The highest BCUT2D eigenvalue weighted by molar-refractivity contribution is 9.11. The van der Waals surface area contributed by atoms with Crippen LogP contribution < -0.4 is 5.32 Å². The first-order valence-corrected chi connectivity index (χ1v) is 12.8. The van der Waals surface area contributed by atoms with Crippen LogP contribution in [0.25, 0.3) is 0 Å². The number of ether oxygens (including phenoxy) is 1. The Labute approximate surface area is 219 Å². The summed E-state index contributed by atoms with van der Waals surface area (Å²) in [5.41, 5.74) is 2.50. The molecule has 11 heteroatoms. The number of nitrogens with one attached hydrogen (secondary N) is 1. The summed E-state index contributed by atoms with van der Waals surface area (Å²) in [6, 6.07) is 10.7. The number of carbonyl (C=O) groups excluding carboxylic acids is 2. The molecular formula is C24H25Br2N3O6. The molecule has 0 spiro atoms. The number of aliphatic carboxylic acids is 1. The maximum absolute atomic E-state index is 12.8. The van der Waals surface area contributed by atoms with Gasteiger partial charge in [-0.3, -0.25) is 0 Å². The maximum atomic E-state index is 12.8. The number of phenols is 1. The Balaban J connectivity index is 1.33. The number of piperidine rings is 1. The molecule has 0 aliphatic carbocycles. The number of rotatable bonds is 5. The average molecular weight is 611 g/mol. The van der Waals surface area contributed by atoms with E-state index in [0.717, 1.165) is 17.7 Å². The van der Waals surface area contributed by atoms with Crippen LogP contribution >= 0.6 is 31.9 Å². The molecule has 4 rings (SSSR count). The number of benzene rings is 2. The molecule has 2 aliphatic heterocycles. The van der Waals surface area contributed by atoms with Gasteiger partial charge in [-0.05, 0) is 80.4 Å². The lowest BCUT2D eigenvalue weighted by Crippen LogP contribution is -2.50. The molecule has 1 fully saturated rings. The van der Waals surface area contributed by atoms with Crippen LogP contribution in [-0.2, 0) is 22.4 Å². The fourth-order valence-electron chi connectivity index (χ4n) is 4.42. The Morgan fingerprint density at radius 2 is 1.77 bits per heavy atom. The monoisotopic (exact) mass is 609 g/mol. The SMILES string of the molecule is O=C(O)[C@@H](Cc1cc(Br)c(O)c(Br)c1)OC(=O)N1CCC(N2CCc3ccccc3NC2=O)CC1. The molecule has 1 atom stereocenters. The Morgan fingerprint density at radius 3 is 2.43 bits per heavy atom. The highest BCUT2D eigenvalue weighted by Crippen LogP contribution is 2.34. The summed E-state index contributed by atoms with van der Waals surface area (Å²) >= 11 is 6.43. The van der Waals surface area contributed by atoms with E-state index in [9.17, 15) is 24.6 Å². The zero-order valence-corrected chi connectivity index (χ0v) is 21.9. The molecule has 3 amide bonds.